The zero-order valence-corrected chi connectivity index (χ0v) is 24.3. The third-order valence-electron chi connectivity index (χ3n) is 8.10. The molecule has 0 spiro atoms. The van der Waals surface area contributed by atoms with Gasteiger partial charge in [0.05, 0.1) is 23.1 Å². The van der Waals surface area contributed by atoms with Gasteiger partial charge in [-0.2, -0.15) is 13.2 Å². The Balaban J connectivity index is 1.39. The summed E-state index contributed by atoms with van der Waals surface area (Å²) in [4.78, 5) is 22.5. The molecule has 3 aromatic carbocycles. The Hall–Kier alpha value is -4.90. The molecule has 1 aliphatic rings. The summed E-state index contributed by atoms with van der Waals surface area (Å²) in [5, 5.41) is 10.2. The number of benzene rings is 3. The molecule has 0 fully saturated rings. The van der Waals surface area contributed by atoms with Crippen LogP contribution in [0.4, 0.5) is 35.2 Å². The van der Waals surface area contributed by atoms with Crippen molar-refractivity contribution in [1.29, 1.82) is 0 Å². The number of fused-ring (bicyclic) bond motifs is 2. The predicted octanol–water partition coefficient (Wildman–Crippen LogP) is 7.51. The number of aryl methyl sites for hydroxylation is 1. The van der Waals surface area contributed by atoms with Crippen molar-refractivity contribution in [3.05, 3.63) is 90.0 Å². The Morgan fingerprint density at radius 2 is 1.86 bits per heavy atom. The number of anilines is 3. The monoisotopic (exact) mass is 599 g/mol. The van der Waals surface area contributed by atoms with Gasteiger partial charge in [-0.25, -0.2) is 14.8 Å². The normalized spacial score (nSPS) is 15.4. The molecule has 5 aromatic rings. The van der Waals surface area contributed by atoms with Gasteiger partial charge in [0.2, 0.25) is 0 Å². The Morgan fingerprint density at radius 3 is 2.57 bits per heavy atom. The van der Waals surface area contributed by atoms with Crippen molar-refractivity contribution in [2.75, 3.05) is 23.4 Å². The topological polar surface area (TPSA) is 109 Å². The molecular weight excluding hydrogens is 567 g/mol. The number of alkyl halides is 3. The van der Waals surface area contributed by atoms with Crippen LogP contribution in [0.1, 0.15) is 43.3 Å². The average molecular weight is 600 g/mol. The molecule has 0 saturated heterocycles. The molecule has 0 saturated carbocycles. The minimum absolute atomic E-state index is 0.0307. The lowest BCUT2D eigenvalue weighted by molar-refractivity contribution is -0.137. The van der Waals surface area contributed by atoms with Crippen molar-refractivity contribution in [3.8, 4) is 11.3 Å². The molecule has 0 radical (unpaired) electrons. The van der Waals surface area contributed by atoms with Crippen LogP contribution in [-0.2, 0) is 12.6 Å². The van der Waals surface area contributed by atoms with Gasteiger partial charge >= 0.3 is 12.2 Å². The number of imidazole rings is 1. The van der Waals surface area contributed by atoms with Crippen LogP contribution < -0.4 is 21.7 Å². The highest BCUT2D eigenvalue weighted by atomic mass is 19.4. The van der Waals surface area contributed by atoms with Crippen molar-refractivity contribution >= 4 is 45.1 Å². The number of amides is 2. The number of nitrogens with two attached hydrogens (primary N) is 1. The van der Waals surface area contributed by atoms with Crippen LogP contribution in [0.2, 0.25) is 0 Å². The van der Waals surface area contributed by atoms with E-state index in [2.05, 4.69) is 38.3 Å². The number of hydrogen-bond acceptors (Lipinski definition) is 5. The van der Waals surface area contributed by atoms with Crippen LogP contribution in [0.3, 0.4) is 0 Å². The second kappa shape index (κ2) is 11.6. The van der Waals surface area contributed by atoms with E-state index < -0.39 is 17.8 Å². The third-order valence-corrected chi connectivity index (χ3v) is 8.10. The van der Waals surface area contributed by atoms with E-state index in [1.165, 1.54) is 17.7 Å². The van der Waals surface area contributed by atoms with Crippen LogP contribution in [0.5, 0.6) is 0 Å². The SMILES string of the molecule is CCc1nc(-c2ccc(NC(=O)Nc3cccc(C(F)(F)F)c3)c3ccccc23)c2c(N)ncc(C3=CCC(NC)CC3)n12. The first-order chi connectivity index (χ1) is 21.2. The maximum absolute atomic E-state index is 13.1. The highest BCUT2D eigenvalue weighted by Gasteiger charge is 2.30. The van der Waals surface area contributed by atoms with Gasteiger partial charge in [-0.05, 0) is 61.5 Å². The van der Waals surface area contributed by atoms with Crippen molar-refractivity contribution in [1.82, 2.24) is 19.7 Å². The zero-order chi connectivity index (χ0) is 31.0. The summed E-state index contributed by atoms with van der Waals surface area (Å²) >= 11 is 0. The van der Waals surface area contributed by atoms with Crippen molar-refractivity contribution in [2.24, 2.45) is 0 Å². The van der Waals surface area contributed by atoms with Crippen molar-refractivity contribution < 1.29 is 18.0 Å². The van der Waals surface area contributed by atoms with Gasteiger partial charge in [-0.15, -0.1) is 0 Å². The van der Waals surface area contributed by atoms with E-state index in [0.29, 0.717) is 29.7 Å². The number of nitrogens with zero attached hydrogens (tertiary/aromatic N) is 3. The van der Waals surface area contributed by atoms with Gasteiger partial charge in [0.25, 0.3) is 0 Å². The molecule has 226 valence electrons. The smallest absolute Gasteiger partial charge is 0.382 e. The van der Waals surface area contributed by atoms with Gasteiger partial charge in [0.15, 0.2) is 0 Å². The summed E-state index contributed by atoms with van der Waals surface area (Å²) in [7, 11) is 1.98. The fourth-order valence-corrected chi connectivity index (χ4v) is 5.86. The molecule has 11 heteroatoms. The summed E-state index contributed by atoms with van der Waals surface area (Å²) in [5.74, 6) is 1.23. The van der Waals surface area contributed by atoms with Gasteiger partial charge in [-0.1, -0.05) is 49.4 Å². The maximum atomic E-state index is 13.1. The molecule has 1 atom stereocenters. The molecule has 5 N–H and O–H groups in total. The third kappa shape index (κ3) is 5.46. The number of halogens is 3. The van der Waals surface area contributed by atoms with Crippen LogP contribution in [0, 0.1) is 0 Å². The first-order valence-corrected chi connectivity index (χ1v) is 14.5. The zero-order valence-electron chi connectivity index (χ0n) is 24.3. The molecular formula is C33H32F3N7O. The Morgan fingerprint density at radius 1 is 1.07 bits per heavy atom. The number of rotatable bonds is 6. The second-order valence-electron chi connectivity index (χ2n) is 10.8. The molecule has 2 amide bonds. The lowest BCUT2D eigenvalue weighted by Crippen LogP contribution is -2.26. The number of urea groups is 1. The molecule has 0 aliphatic heterocycles. The summed E-state index contributed by atoms with van der Waals surface area (Å²) < 4.78 is 41.5. The number of hydrogen-bond donors (Lipinski definition) is 4. The van der Waals surface area contributed by atoms with E-state index in [4.69, 9.17) is 10.7 Å². The lowest BCUT2D eigenvalue weighted by Gasteiger charge is -2.22. The predicted molar refractivity (Wildman–Crippen MR) is 168 cm³/mol. The molecule has 2 heterocycles. The minimum atomic E-state index is -4.52. The number of nitrogens with one attached hydrogen (secondary N) is 3. The summed E-state index contributed by atoms with van der Waals surface area (Å²) in [5.41, 5.74) is 10.6. The van der Waals surface area contributed by atoms with Gasteiger partial charge in [-0.3, -0.25) is 4.40 Å². The number of allylic oxidation sites excluding steroid dienone is 1. The van der Waals surface area contributed by atoms with Crippen LogP contribution in [-0.4, -0.2) is 33.5 Å². The number of aromatic nitrogens is 3. The fourth-order valence-electron chi connectivity index (χ4n) is 5.86. The van der Waals surface area contributed by atoms with Gasteiger partial charge in [0.1, 0.15) is 22.9 Å². The van der Waals surface area contributed by atoms with Crippen LogP contribution in [0.15, 0.2) is 72.9 Å². The van der Waals surface area contributed by atoms with Gasteiger partial charge in [0, 0.05) is 29.1 Å². The van der Waals surface area contributed by atoms with E-state index in [0.717, 1.165) is 64.8 Å². The average Bonchev–Trinajstić information content (AvgIpc) is 3.42. The highest BCUT2D eigenvalue weighted by Crippen LogP contribution is 2.39. The van der Waals surface area contributed by atoms with Gasteiger partial charge < -0.3 is 21.7 Å². The number of nitrogen functional groups attached to an aromatic ring is 1. The van der Waals surface area contributed by atoms with Crippen LogP contribution in [0.25, 0.3) is 33.1 Å². The van der Waals surface area contributed by atoms with E-state index in [-0.39, 0.29) is 5.69 Å². The standard InChI is InChI=1S/C33H32F3N7O/c1-3-28-42-29(30-31(37)39-18-27(43(28)30)19-11-13-21(38-2)14-12-19)25-15-16-26(24-10-5-4-9-23(24)25)41-32(44)40-22-8-6-7-20(17-22)33(34,35)36/h4-11,15-18,21,38H,3,12-14H2,1-2H3,(H2,37,39)(H2,40,41,44). The van der Waals surface area contributed by atoms with Crippen molar-refractivity contribution in [2.45, 2.75) is 44.8 Å². The molecule has 8 nitrogen and oxygen atoms in total. The highest BCUT2D eigenvalue weighted by molar-refractivity contribution is 6.11. The summed E-state index contributed by atoms with van der Waals surface area (Å²) in [6.45, 7) is 2.05. The fraction of sp³-hybridized carbons (Fsp3) is 0.242. The number of carbonyl (C=O) groups is 1. The first-order valence-electron chi connectivity index (χ1n) is 14.5. The molecule has 2 aromatic heterocycles. The molecule has 6 rings (SSSR count). The molecule has 1 aliphatic carbocycles. The first kappa shape index (κ1) is 29.2. The summed E-state index contributed by atoms with van der Waals surface area (Å²) in [6.07, 6.45) is 3.12. The number of carbonyl (C=O) groups excluding carboxylic acids is 1. The maximum Gasteiger partial charge on any atom is 0.416 e. The van der Waals surface area contributed by atoms with E-state index in [1.807, 2.05) is 43.6 Å². The Bertz CT molecular complexity index is 1910. The summed E-state index contributed by atoms with van der Waals surface area (Å²) in [6, 6.07) is 15.5. The van der Waals surface area contributed by atoms with Crippen molar-refractivity contribution in [3.63, 3.8) is 0 Å². The quantitative estimate of drug-likeness (QED) is 0.162. The molecule has 1 unspecified atom stereocenters. The lowest BCUT2D eigenvalue weighted by atomic mass is 9.93. The van der Waals surface area contributed by atoms with E-state index in [9.17, 15) is 18.0 Å². The van der Waals surface area contributed by atoms with Crippen LogP contribution >= 0.6 is 0 Å². The van der Waals surface area contributed by atoms with E-state index in [1.54, 1.807) is 6.07 Å². The van der Waals surface area contributed by atoms with E-state index >= 15 is 0 Å². The molecule has 44 heavy (non-hydrogen) atoms. The second-order valence-corrected chi connectivity index (χ2v) is 10.8. The molecule has 0 bridgehead atoms. The Kier molecular flexibility index (Phi) is 7.73. The largest absolute Gasteiger partial charge is 0.416 e. The minimum Gasteiger partial charge on any atom is -0.382 e. The Labute approximate surface area is 252 Å².